The lowest BCUT2D eigenvalue weighted by Crippen LogP contribution is -2.14. The van der Waals surface area contributed by atoms with E-state index in [1.807, 2.05) is 0 Å². The predicted molar refractivity (Wildman–Crippen MR) is 59.8 cm³/mol. The van der Waals surface area contributed by atoms with Gasteiger partial charge in [0.15, 0.2) is 0 Å². The van der Waals surface area contributed by atoms with Gasteiger partial charge in [0.05, 0.1) is 12.2 Å². The zero-order valence-electron chi connectivity index (χ0n) is 8.42. The number of nitrogens with two attached hydrogens (primary N) is 1. The van der Waals surface area contributed by atoms with E-state index >= 15 is 0 Å². The quantitative estimate of drug-likeness (QED) is 0.458. The Morgan fingerprint density at radius 2 is 2.20 bits per heavy atom. The van der Waals surface area contributed by atoms with Crippen molar-refractivity contribution in [3.05, 3.63) is 28.8 Å². The Morgan fingerprint density at radius 1 is 1.47 bits per heavy atom. The maximum absolute atomic E-state index is 7.36. The molecule has 15 heavy (non-hydrogen) atoms. The summed E-state index contributed by atoms with van der Waals surface area (Å²) in [6.45, 7) is 0.901. The molecule has 1 aromatic rings. The Hall–Kier alpha value is -1.26. The smallest absolute Gasteiger partial charge is 0.130 e. The third kappa shape index (κ3) is 3.42. The van der Waals surface area contributed by atoms with E-state index in [1.54, 1.807) is 25.3 Å². The summed E-state index contributed by atoms with van der Waals surface area (Å²) in [6.07, 6.45) is 0. The highest BCUT2D eigenvalue weighted by molar-refractivity contribution is 6.31. The molecule has 82 valence electrons. The summed E-state index contributed by atoms with van der Waals surface area (Å²) < 4.78 is 10.2. The number of nitrogens with one attached hydrogen (secondary N) is 1. The van der Waals surface area contributed by atoms with Crippen molar-refractivity contribution in [3.8, 4) is 5.75 Å². The Morgan fingerprint density at radius 3 is 2.80 bits per heavy atom. The number of hydrogen-bond acceptors (Lipinski definition) is 3. The van der Waals surface area contributed by atoms with Gasteiger partial charge in [0.2, 0.25) is 0 Å². The molecule has 4 nitrogen and oxygen atoms in total. The van der Waals surface area contributed by atoms with Crippen molar-refractivity contribution in [2.75, 3.05) is 20.3 Å². The van der Waals surface area contributed by atoms with Crippen LogP contribution in [-0.4, -0.2) is 26.2 Å². The second-order valence-electron chi connectivity index (χ2n) is 2.90. The minimum Gasteiger partial charge on any atom is -0.490 e. The molecule has 1 aromatic carbocycles. The number of nitrogen functional groups attached to an aromatic ring is 1. The summed E-state index contributed by atoms with van der Waals surface area (Å²) >= 11 is 5.79. The van der Waals surface area contributed by atoms with Gasteiger partial charge in [-0.1, -0.05) is 11.6 Å². The molecule has 1 rings (SSSR count). The first-order valence-corrected chi connectivity index (χ1v) is 4.78. The summed E-state index contributed by atoms with van der Waals surface area (Å²) in [6, 6.07) is 4.98. The van der Waals surface area contributed by atoms with Gasteiger partial charge >= 0.3 is 0 Å². The summed E-state index contributed by atoms with van der Waals surface area (Å²) in [5.74, 6) is 0.480. The number of ether oxygens (including phenoxy) is 2. The molecule has 0 spiro atoms. The molecule has 0 saturated carbocycles. The van der Waals surface area contributed by atoms with Crippen LogP contribution in [0.25, 0.3) is 0 Å². The third-order valence-corrected chi connectivity index (χ3v) is 2.01. The van der Waals surface area contributed by atoms with Crippen LogP contribution < -0.4 is 10.5 Å². The average Bonchev–Trinajstić information content (AvgIpc) is 2.20. The van der Waals surface area contributed by atoms with E-state index in [0.717, 1.165) is 0 Å². The summed E-state index contributed by atoms with van der Waals surface area (Å²) in [4.78, 5) is 0. The lowest BCUT2D eigenvalue weighted by atomic mass is 10.2. The van der Waals surface area contributed by atoms with E-state index in [0.29, 0.717) is 29.5 Å². The van der Waals surface area contributed by atoms with Gasteiger partial charge in [0, 0.05) is 12.1 Å². The van der Waals surface area contributed by atoms with Crippen LogP contribution in [0.2, 0.25) is 5.02 Å². The van der Waals surface area contributed by atoms with Crippen molar-refractivity contribution in [3.63, 3.8) is 0 Å². The van der Waals surface area contributed by atoms with Crippen molar-refractivity contribution in [2.24, 2.45) is 5.73 Å². The van der Waals surface area contributed by atoms with Crippen LogP contribution in [0.3, 0.4) is 0 Å². The van der Waals surface area contributed by atoms with Crippen LogP contribution in [0.4, 0.5) is 0 Å². The van der Waals surface area contributed by atoms with Crippen LogP contribution in [0.15, 0.2) is 18.2 Å². The van der Waals surface area contributed by atoms with E-state index in [1.165, 1.54) is 0 Å². The van der Waals surface area contributed by atoms with E-state index in [9.17, 15) is 0 Å². The molecule has 0 atom stereocenters. The van der Waals surface area contributed by atoms with Crippen LogP contribution >= 0.6 is 11.6 Å². The van der Waals surface area contributed by atoms with E-state index < -0.39 is 0 Å². The second kappa shape index (κ2) is 5.58. The Balaban J connectivity index is 2.81. The van der Waals surface area contributed by atoms with Gasteiger partial charge in [-0.05, 0) is 18.2 Å². The summed E-state index contributed by atoms with van der Waals surface area (Å²) in [5.41, 5.74) is 5.90. The van der Waals surface area contributed by atoms with Crippen LogP contribution in [0.1, 0.15) is 5.56 Å². The first kappa shape index (κ1) is 11.8. The number of rotatable bonds is 5. The van der Waals surface area contributed by atoms with E-state index in [4.69, 9.17) is 32.2 Å². The van der Waals surface area contributed by atoms with Gasteiger partial charge < -0.3 is 15.2 Å². The molecule has 0 aliphatic rings. The number of amidine groups is 1. The monoisotopic (exact) mass is 228 g/mol. The molecule has 0 aromatic heterocycles. The van der Waals surface area contributed by atoms with Crippen molar-refractivity contribution < 1.29 is 9.47 Å². The molecule has 0 fully saturated rings. The normalized spacial score (nSPS) is 10.0. The predicted octanol–water partition coefficient (Wildman–Crippen LogP) is 1.65. The molecule has 0 heterocycles. The fourth-order valence-corrected chi connectivity index (χ4v) is 1.25. The van der Waals surface area contributed by atoms with Gasteiger partial charge in [-0.2, -0.15) is 0 Å². The van der Waals surface area contributed by atoms with Gasteiger partial charge in [-0.15, -0.1) is 0 Å². The molecule has 0 aliphatic carbocycles. The highest BCUT2D eigenvalue weighted by atomic mass is 35.5. The maximum Gasteiger partial charge on any atom is 0.130 e. The van der Waals surface area contributed by atoms with E-state index in [2.05, 4.69) is 0 Å². The molecule has 0 unspecified atom stereocenters. The number of methoxy groups -OCH3 is 1. The zero-order chi connectivity index (χ0) is 11.3. The van der Waals surface area contributed by atoms with Crippen molar-refractivity contribution >= 4 is 17.4 Å². The first-order chi connectivity index (χ1) is 7.15. The van der Waals surface area contributed by atoms with Gasteiger partial charge in [-0.25, -0.2) is 0 Å². The second-order valence-corrected chi connectivity index (χ2v) is 3.33. The topological polar surface area (TPSA) is 68.3 Å². The average molecular weight is 229 g/mol. The molecule has 5 heteroatoms. The van der Waals surface area contributed by atoms with Crippen molar-refractivity contribution in [2.45, 2.75) is 0 Å². The lowest BCUT2D eigenvalue weighted by molar-refractivity contribution is 0.146. The molecule has 3 N–H and O–H groups in total. The van der Waals surface area contributed by atoms with Gasteiger partial charge in [-0.3, -0.25) is 5.41 Å². The summed E-state index contributed by atoms with van der Waals surface area (Å²) in [5, 5.41) is 7.89. The number of hydrogen-bond donors (Lipinski definition) is 2. The molecule has 0 aliphatic heterocycles. The molecule has 0 saturated heterocycles. The molecule has 0 radical (unpaired) electrons. The standard InChI is InChI=1S/C10H13ClN2O2/c1-14-4-5-15-9-3-2-7(11)6-8(9)10(12)13/h2-3,6H,4-5H2,1H3,(H3,12,13). The first-order valence-electron chi connectivity index (χ1n) is 4.41. The molecule has 0 amide bonds. The Bertz CT molecular complexity index is 355. The van der Waals surface area contributed by atoms with Crippen LogP contribution in [0, 0.1) is 5.41 Å². The van der Waals surface area contributed by atoms with Gasteiger partial charge in [0.1, 0.15) is 18.2 Å². The number of halogens is 1. The highest BCUT2D eigenvalue weighted by Gasteiger charge is 2.07. The maximum atomic E-state index is 7.36. The Labute approximate surface area is 93.4 Å². The van der Waals surface area contributed by atoms with E-state index in [-0.39, 0.29) is 5.84 Å². The van der Waals surface area contributed by atoms with Crippen LogP contribution in [0.5, 0.6) is 5.75 Å². The minimum atomic E-state index is -0.0649. The molecular weight excluding hydrogens is 216 g/mol. The fraction of sp³-hybridized carbons (Fsp3) is 0.300. The number of benzene rings is 1. The third-order valence-electron chi connectivity index (χ3n) is 1.78. The lowest BCUT2D eigenvalue weighted by Gasteiger charge is -2.10. The summed E-state index contributed by atoms with van der Waals surface area (Å²) in [7, 11) is 1.59. The SMILES string of the molecule is COCCOc1ccc(Cl)cc1C(=N)N. The molecule has 0 bridgehead atoms. The van der Waals surface area contributed by atoms with Crippen molar-refractivity contribution in [1.29, 1.82) is 5.41 Å². The highest BCUT2D eigenvalue weighted by Crippen LogP contribution is 2.22. The molecular formula is C10H13ClN2O2. The minimum absolute atomic E-state index is 0.0649. The fourth-order valence-electron chi connectivity index (χ4n) is 1.07. The zero-order valence-corrected chi connectivity index (χ0v) is 9.17. The van der Waals surface area contributed by atoms with Crippen molar-refractivity contribution in [1.82, 2.24) is 0 Å². The van der Waals surface area contributed by atoms with Crippen LogP contribution in [-0.2, 0) is 4.74 Å². The largest absolute Gasteiger partial charge is 0.490 e. The Kier molecular flexibility index (Phi) is 4.39. The van der Waals surface area contributed by atoms with Gasteiger partial charge in [0.25, 0.3) is 0 Å².